The highest BCUT2D eigenvalue weighted by molar-refractivity contribution is 5.71. The maximum absolute atomic E-state index is 11.1. The molecule has 0 unspecified atom stereocenters. The summed E-state index contributed by atoms with van der Waals surface area (Å²) in [7, 11) is 0. The summed E-state index contributed by atoms with van der Waals surface area (Å²) >= 11 is 0. The van der Waals surface area contributed by atoms with E-state index < -0.39 is 6.09 Å². The topological polar surface area (TPSA) is 64.6 Å². The first-order valence-electron chi connectivity index (χ1n) is 5.20. The molecule has 0 fully saturated rings. The molecule has 16 heavy (non-hydrogen) atoms. The van der Waals surface area contributed by atoms with Crippen molar-refractivity contribution in [2.24, 2.45) is 0 Å². The van der Waals surface area contributed by atoms with Crippen molar-refractivity contribution in [3.63, 3.8) is 0 Å². The zero-order valence-corrected chi connectivity index (χ0v) is 9.45. The van der Waals surface area contributed by atoms with Crippen LogP contribution in [0.4, 0.5) is 4.79 Å². The minimum absolute atomic E-state index is 0.0766. The lowest BCUT2D eigenvalue weighted by Crippen LogP contribution is -2.27. The first kappa shape index (κ1) is 14.3. The smallest absolute Gasteiger partial charge is 0.408 e. The second kappa shape index (κ2) is 9.84. The van der Waals surface area contributed by atoms with Crippen LogP contribution in [-0.4, -0.2) is 31.8 Å². The molecule has 0 aliphatic heterocycles. The van der Waals surface area contributed by atoms with Gasteiger partial charge >= 0.3 is 12.1 Å². The van der Waals surface area contributed by atoms with Crippen molar-refractivity contribution >= 4 is 12.1 Å². The zero-order valence-electron chi connectivity index (χ0n) is 9.45. The molecule has 0 heterocycles. The van der Waals surface area contributed by atoms with Crippen molar-refractivity contribution in [2.45, 2.75) is 26.2 Å². The third kappa shape index (κ3) is 8.88. The van der Waals surface area contributed by atoms with E-state index in [1.165, 1.54) is 0 Å². The van der Waals surface area contributed by atoms with Crippen molar-refractivity contribution < 1.29 is 19.1 Å². The summed E-state index contributed by atoms with van der Waals surface area (Å²) in [4.78, 5) is 21.9. The van der Waals surface area contributed by atoms with Gasteiger partial charge in [-0.1, -0.05) is 19.3 Å². The fraction of sp³-hybridized carbons (Fsp3) is 0.636. The molecule has 1 amide bonds. The Morgan fingerprint density at radius 3 is 2.75 bits per heavy atom. The monoisotopic (exact) mass is 227 g/mol. The van der Waals surface area contributed by atoms with Gasteiger partial charge in [0, 0.05) is 6.54 Å². The molecule has 0 aliphatic carbocycles. The molecule has 0 atom stereocenters. The lowest BCUT2D eigenvalue weighted by atomic mass is 10.3. The number of alkyl carbamates (subject to hydrolysis) is 1. The third-order valence-electron chi connectivity index (χ3n) is 1.65. The minimum Gasteiger partial charge on any atom is -0.466 e. The highest BCUT2D eigenvalue weighted by Crippen LogP contribution is 1.91. The number of hydrogen-bond acceptors (Lipinski definition) is 4. The van der Waals surface area contributed by atoms with Crippen molar-refractivity contribution in [3.8, 4) is 12.3 Å². The largest absolute Gasteiger partial charge is 0.466 e. The number of carbonyl (C=O) groups is 2. The SMILES string of the molecule is C#CCOC(=O)NCCC(=O)OCCCC. The van der Waals surface area contributed by atoms with Crippen molar-refractivity contribution in [2.75, 3.05) is 19.8 Å². The number of ether oxygens (including phenoxy) is 2. The summed E-state index contributed by atoms with van der Waals surface area (Å²) < 4.78 is 9.42. The number of esters is 1. The van der Waals surface area contributed by atoms with Crippen LogP contribution in [0.5, 0.6) is 0 Å². The Labute approximate surface area is 95.5 Å². The number of nitrogens with one attached hydrogen (secondary N) is 1. The fourth-order valence-corrected chi connectivity index (χ4v) is 0.827. The molecule has 0 aliphatic rings. The van der Waals surface area contributed by atoms with Gasteiger partial charge in [0.15, 0.2) is 6.61 Å². The van der Waals surface area contributed by atoms with E-state index in [0.717, 1.165) is 12.8 Å². The number of carbonyl (C=O) groups excluding carboxylic acids is 2. The fourth-order valence-electron chi connectivity index (χ4n) is 0.827. The first-order chi connectivity index (χ1) is 7.70. The predicted molar refractivity (Wildman–Crippen MR) is 58.7 cm³/mol. The average molecular weight is 227 g/mol. The van der Waals surface area contributed by atoms with Gasteiger partial charge in [-0.2, -0.15) is 0 Å². The molecule has 5 heteroatoms. The first-order valence-corrected chi connectivity index (χ1v) is 5.20. The van der Waals surface area contributed by atoms with Gasteiger partial charge < -0.3 is 14.8 Å². The van der Waals surface area contributed by atoms with Crippen molar-refractivity contribution in [1.29, 1.82) is 0 Å². The summed E-state index contributed by atoms with van der Waals surface area (Å²) in [5.74, 6) is 1.83. The van der Waals surface area contributed by atoms with Crippen LogP contribution in [0.1, 0.15) is 26.2 Å². The number of amides is 1. The third-order valence-corrected chi connectivity index (χ3v) is 1.65. The van der Waals surface area contributed by atoms with Crippen LogP contribution in [0.15, 0.2) is 0 Å². The van der Waals surface area contributed by atoms with Crippen LogP contribution in [0.25, 0.3) is 0 Å². The summed E-state index contributed by atoms with van der Waals surface area (Å²) in [6.45, 7) is 2.55. The number of rotatable bonds is 7. The summed E-state index contributed by atoms with van der Waals surface area (Å²) in [5, 5.41) is 2.38. The van der Waals surface area contributed by atoms with Gasteiger partial charge in [0.05, 0.1) is 13.0 Å². The molecule has 1 N–H and O–H groups in total. The molecule has 5 nitrogen and oxygen atoms in total. The normalized spacial score (nSPS) is 9.00. The Hall–Kier alpha value is -1.70. The second-order valence-electron chi connectivity index (χ2n) is 3.03. The molecule has 0 saturated heterocycles. The lowest BCUT2D eigenvalue weighted by Gasteiger charge is -2.05. The maximum Gasteiger partial charge on any atom is 0.408 e. The van der Waals surface area contributed by atoms with Gasteiger partial charge in [-0.15, -0.1) is 6.42 Å². The summed E-state index contributed by atoms with van der Waals surface area (Å²) in [6.07, 6.45) is 6.23. The van der Waals surface area contributed by atoms with Crippen LogP contribution in [0.2, 0.25) is 0 Å². The van der Waals surface area contributed by atoms with E-state index in [9.17, 15) is 9.59 Å². The quantitative estimate of drug-likeness (QED) is 0.401. The van der Waals surface area contributed by atoms with Crippen LogP contribution in [0, 0.1) is 12.3 Å². The highest BCUT2D eigenvalue weighted by Gasteiger charge is 2.04. The highest BCUT2D eigenvalue weighted by atomic mass is 16.5. The molecule has 0 bridgehead atoms. The van der Waals surface area contributed by atoms with Crippen LogP contribution in [-0.2, 0) is 14.3 Å². The molecule has 0 aromatic carbocycles. The number of unbranched alkanes of at least 4 members (excludes halogenated alkanes) is 1. The molecule has 0 spiro atoms. The van der Waals surface area contributed by atoms with Gasteiger partial charge in [0.25, 0.3) is 0 Å². The van der Waals surface area contributed by atoms with Gasteiger partial charge in [0.1, 0.15) is 0 Å². The summed E-state index contributed by atoms with van der Waals surface area (Å²) in [6, 6.07) is 0. The molecule has 0 radical (unpaired) electrons. The van der Waals surface area contributed by atoms with E-state index in [4.69, 9.17) is 11.2 Å². The summed E-state index contributed by atoms with van der Waals surface area (Å²) in [5.41, 5.74) is 0. The van der Waals surface area contributed by atoms with E-state index in [1.54, 1.807) is 0 Å². The number of terminal acetylenes is 1. The minimum atomic E-state index is -0.626. The lowest BCUT2D eigenvalue weighted by molar-refractivity contribution is -0.143. The second-order valence-corrected chi connectivity index (χ2v) is 3.03. The molecular formula is C11H17NO4. The maximum atomic E-state index is 11.1. The Kier molecular flexibility index (Phi) is 8.79. The van der Waals surface area contributed by atoms with E-state index in [1.807, 2.05) is 6.92 Å². The molecule has 90 valence electrons. The van der Waals surface area contributed by atoms with Crippen molar-refractivity contribution in [3.05, 3.63) is 0 Å². The Bertz CT molecular complexity index is 257. The Balaban J connectivity index is 3.40. The molecule has 0 saturated carbocycles. The van der Waals surface area contributed by atoms with Gasteiger partial charge in [0.2, 0.25) is 0 Å². The van der Waals surface area contributed by atoms with Gasteiger partial charge in [-0.3, -0.25) is 4.79 Å². The average Bonchev–Trinajstić information content (AvgIpc) is 2.26. The van der Waals surface area contributed by atoms with Crippen LogP contribution >= 0.6 is 0 Å². The van der Waals surface area contributed by atoms with Gasteiger partial charge in [-0.25, -0.2) is 4.79 Å². The predicted octanol–water partition coefficient (Wildman–Crippen LogP) is 1.08. The van der Waals surface area contributed by atoms with E-state index in [-0.39, 0.29) is 25.5 Å². The van der Waals surface area contributed by atoms with Crippen molar-refractivity contribution in [1.82, 2.24) is 5.32 Å². The molecule has 0 aromatic heterocycles. The standard InChI is InChI=1S/C11H17NO4/c1-3-5-9-15-10(13)6-7-12-11(14)16-8-4-2/h2H,3,5-9H2,1H3,(H,12,14). The number of hydrogen-bond donors (Lipinski definition) is 1. The van der Waals surface area contributed by atoms with Crippen LogP contribution in [0.3, 0.4) is 0 Å². The van der Waals surface area contributed by atoms with Gasteiger partial charge in [-0.05, 0) is 6.42 Å². The zero-order chi connectivity index (χ0) is 12.2. The molecule has 0 rings (SSSR count). The van der Waals surface area contributed by atoms with E-state index in [2.05, 4.69) is 16.0 Å². The van der Waals surface area contributed by atoms with E-state index in [0.29, 0.717) is 6.61 Å². The Morgan fingerprint density at radius 1 is 1.38 bits per heavy atom. The molecule has 0 aromatic rings. The van der Waals surface area contributed by atoms with E-state index >= 15 is 0 Å². The Morgan fingerprint density at radius 2 is 2.12 bits per heavy atom. The molecular weight excluding hydrogens is 210 g/mol. The van der Waals surface area contributed by atoms with Crippen LogP contribution < -0.4 is 5.32 Å².